The second-order valence-electron chi connectivity index (χ2n) is 3.82. The molecule has 0 aromatic carbocycles. The average molecular weight is 237 g/mol. The van der Waals surface area contributed by atoms with E-state index in [0.717, 1.165) is 26.2 Å². The Bertz CT molecular complexity index is 192. The predicted octanol–water partition coefficient (Wildman–Crippen LogP) is 1.59. The Morgan fingerprint density at radius 3 is 2.20 bits per heavy atom. The summed E-state index contributed by atoms with van der Waals surface area (Å²) in [4.78, 5) is 15.5. The highest BCUT2D eigenvalue weighted by molar-refractivity contribution is 5.85. The minimum Gasteiger partial charge on any atom is -0.450 e. The molecule has 1 aliphatic rings. The van der Waals surface area contributed by atoms with Gasteiger partial charge in [0.1, 0.15) is 0 Å². The van der Waals surface area contributed by atoms with E-state index in [0.29, 0.717) is 12.6 Å². The maximum Gasteiger partial charge on any atom is 0.409 e. The van der Waals surface area contributed by atoms with Gasteiger partial charge in [-0.05, 0) is 20.8 Å². The molecule has 15 heavy (non-hydrogen) atoms. The van der Waals surface area contributed by atoms with Crippen LogP contribution < -0.4 is 0 Å². The van der Waals surface area contributed by atoms with Crippen LogP contribution in [0.4, 0.5) is 4.79 Å². The first-order valence-corrected chi connectivity index (χ1v) is 5.31. The van der Waals surface area contributed by atoms with Crippen LogP contribution in [0.15, 0.2) is 0 Å². The van der Waals surface area contributed by atoms with Gasteiger partial charge in [0.25, 0.3) is 0 Å². The number of carbonyl (C=O) groups excluding carboxylic acids is 1. The van der Waals surface area contributed by atoms with Gasteiger partial charge in [0.2, 0.25) is 0 Å². The molecule has 0 aliphatic carbocycles. The number of rotatable bonds is 2. The van der Waals surface area contributed by atoms with E-state index in [1.54, 1.807) is 4.90 Å². The van der Waals surface area contributed by atoms with Gasteiger partial charge in [-0.3, -0.25) is 4.90 Å². The molecule has 0 aromatic heterocycles. The van der Waals surface area contributed by atoms with E-state index in [4.69, 9.17) is 4.74 Å². The third-order valence-corrected chi connectivity index (χ3v) is 2.57. The zero-order valence-corrected chi connectivity index (χ0v) is 10.5. The van der Waals surface area contributed by atoms with Crippen molar-refractivity contribution in [1.29, 1.82) is 0 Å². The van der Waals surface area contributed by atoms with Gasteiger partial charge in [0, 0.05) is 32.2 Å². The topological polar surface area (TPSA) is 32.8 Å². The summed E-state index contributed by atoms with van der Waals surface area (Å²) < 4.78 is 4.95. The highest BCUT2D eigenvalue weighted by Crippen LogP contribution is 2.06. The molecule has 1 amide bonds. The summed E-state index contributed by atoms with van der Waals surface area (Å²) in [6.45, 7) is 10.1. The van der Waals surface area contributed by atoms with Crippen LogP contribution in [0.3, 0.4) is 0 Å². The smallest absolute Gasteiger partial charge is 0.409 e. The van der Waals surface area contributed by atoms with Crippen LogP contribution in [0.5, 0.6) is 0 Å². The molecule has 1 fully saturated rings. The summed E-state index contributed by atoms with van der Waals surface area (Å²) in [5, 5.41) is 0. The molecule has 0 bridgehead atoms. The summed E-state index contributed by atoms with van der Waals surface area (Å²) in [5.74, 6) is 0. The summed E-state index contributed by atoms with van der Waals surface area (Å²) in [6.07, 6.45) is -0.170. The Morgan fingerprint density at radius 2 is 1.80 bits per heavy atom. The van der Waals surface area contributed by atoms with Gasteiger partial charge in [-0.2, -0.15) is 0 Å². The molecule has 1 rings (SSSR count). The fourth-order valence-corrected chi connectivity index (χ4v) is 1.64. The normalized spacial score (nSPS) is 17.5. The molecular formula is C10H21ClN2O2. The first kappa shape index (κ1) is 14.5. The molecular weight excluding hydrogens is 216 g/mol. The van der Waals surface area contributed by atoms with Crippen LogP contribution >= 0.6 is 12.4 Å². The summed E-state index contributed by atoms with van der Waals surface area (Å²) in [5.41, 5.74) is 0. The third kappa shape index (κ3) is 4.26. The summed E-state index contributed by atoms with van der Waals surface area (Å²) >= 11 is 0. The molecule has 0 N–H and O–H groups in total. The van der Waals surface area contributed by atoms with Crippen molar-refractivity contribution in [1.82, 2.24) is 9.80 Å². The Balaban J connectivity index is 0.00000196. The van der Waals surface area contributed by atoms with Crippen molar-refractivity contribution in [2.24, 2.45) is 0 Å². The number of carbonyl (C=O) groups is 1. The fraction of sp³-hybridized carbons (Fsp3) is 0.900. The predicted molar refractivity (Wildman–Crippen MR) is 62.6 cm³/mol. The van der Waals surface area contributed by atoms with E-state index in [2.05, 4.69) is 18.7 Å². The lowest BCUT2D eigenvalue weighted by Gasteiger charge is -2.36. The van der Waals surface area contributed by atoms with Gasteiger partial charge in [-0.15, -0.1) is 12.4 Å². The lowest BCUT2D eigenvalue weighted by Crippen LogP contribution is -2.50. The molecule has 90 valence electrons. The van der Waals surface area contributed by atoms with Crippen LogP contribution in [0.2, 0.25) is 0 Å². The van der Waals surface area contributed by atoms with Gasteiger partial charge in [-0.25, -0.2) is 4.79 Å². The lowest BCUT2D eigenvalue weighted by atomic mass is 10.2. The van der Waals surface area contributed by atoms with Crippen molar-refractivity contribution in [3.63, 3.8) is 0 Å². The van der Waals surface area contributed by atoms with Gasteiger partial charge in [-0.1, -0.05) is 0 Å². The zero-order chi connectivity index (χ0) is 10.6. The molecule has 0 unspecified atom stereocenters. The number of hydrogen-bond donors (Lipinski definition) is 0. The third-order valence-electron chi connectivity index (χ3n) is 2.57. The van der Waals surface area contributed by atoms with E-state index in [-0.39, 0.29) is 18.5 Å². The number of halogens is 1. The van der Waals surface area contributed by atoms with E-state index >= 15 is 0 Å². The maximum atomic E-state index is 11.4. The fourth-order valence-electron chi connectivity index (χ4n) is 1.64. The monoisotopic (exact) mass is 236 g/mol. The number of ether oxygens (including phenoxy) is 1. The van der Waals surface area contributed by atoms with Crippen LogP contribution in [0.25, 0.3) is 0 Å². The van der Waals surface area contributed by atoms with E-state index in [9.17, 15) is 4.79 Å². The number of nitrogens with zero attached hydrogens (tertiary/aromatic N) is 2. The van der Waals surface area contributed by atoms with Crippen molar-refractivity contribution in [3.8, 4) is 0 Å². The molecule has 1 saturated heterocycles. The first-order valence-electron chi connectivity index (χ1n) is 5.31. The van der Waals surface area contributed by atoms with Crippen LogP contribution in [0, 0.1) is 0 Å². The van der Waals surface area contributed by atoms with Crippen LogP contribution in [-0.2, 0) is 4.74 Å². The van der Waals surface area contributed by atoms with Crippen LogP contribution in [0.1, 0.15) is 20.8 Å². The molecule has 0 radical (unpaired) electrons. The van der Waals surface area contributed by atoms with Crippen molar-refractivity contribution >= 4 is 18.5 Å². The second kappa shape index (κ2) is 6.90. The number of piperazine rings is 1. The number of hydrogen-bond acceptors (Lipinski definition) is 3. The average Bonchev–Trinajstić information content (AvgIpc) is 2.18. The summed E-state index contributed by atoms with van der Waals surface area (Å²) in [7, 11) is 0. The highest BCUT2D eigenvalue weighted by Gasteiger charge is 2.22. The largest absolute Gasteiger partial charge is 0.450 e. The standard InChI is InChI=1S/C10H20N2O2.ClH/c1-4-14-10(13)12-7-5-11(6-8-12)9(2)3;/h9H,4-8H2,1-3H3;1H. The minimum atomic E-state index is -0.170. The van der Waals surface area contributed by atoms with Crippen molar-refractivity contribution in [3.05, 3.63) is 0 Å². The minimum absolute atomic E-state index is 0. The maximum absolute atomic E-state index is 11.4. The molecule has 0 saturated carbocycles. The van der Waals surface area contributed by atoms with Gasteiger partial charge < -0.3 is 9.64 Å². The van der Waals surface area contributed by atoms with E-state index in [1.165, 1.54) is 0 Å². The molecule has 5 heteroatoms. The lowest BCUT2D eigenvalue weighted by molar-refractivity contribution is 0.0712. The Kier molecular flexibility index (Phi) is 6.68. The SMILES string of the molecule is CCOC(=O)N1CCN(C(C)C)CC1.Cl. The number of amides is 1. The first-order chi connectivity index (χ1) is 6.65. The highest BCUT2D eigenvalue weighted by atomic mass is 35.5. The quantitative estimate of drug-likeness (QED) is 0.730. The van der Waals surface area contributed by atoms with Crippen molar-refractivity contribution in [2.45, 2.75) is 26.8 Å². The molecule has 0 atom stereocenters. The molecule has 0 spiro atoms. The van der Waals surface area contributed by atoms with Crippen molar-refractivity contribution in [2.75, 3.05) is 32.8 Å². The van der Waals surface area contributed by atoms with Gasteiger partial charge >= 0.3 is 6.09 Å². The molecule has 1 aliphatic heterocycles. The van der Waals surface area contributed by atoms with Crippen molar-refractivity contribution < 1.29 is 9.53 Å². The summed E-state index contributed by atoms with van der Waals surface area (Å²) in [6, 6.07) is 0.569. The Labute approximate surface area is 98.0 Å². The Hall–Kier alpha value is -0.480. The second-order valence-corrected chi connectivity index (χ2v) is 3.82. The molecule has 4 nitrogen and oxygen atoms in total. The molecule has 0 aromatic rings. The Morgan fingerprint density at radius 1 is 1.27 bits per heavy atom. The zero-order valence-electron chi connectivity index (χ0n) is 9.73. The van der Waals surface area contributed by atoms with Gasteiger partial charge in [0.15, 0.2) is 0 Å². The van der Waals surface area contributed by atoms with E-state index in [1.807, 2.05) is 6.92 Å². The molecule has 1 heterocycles. The van der Waals surface area contributed by atoms with E-state index < -0.39 is 0 Å². The van der Waals surface area contributed by atoms with Gasteiger partial charge in [0.05, 0.1) is 6.61 Å². The van der Waals surface area contributed by atoms with Crippen LogP contribution in [-0.4, -0.2) is 54.7 Å².